The second-order valence-corrected chi connectivity index (χ2v) is 5.80. The van der Waals surface area contributed by atoms with Gasteiger partial charge in [0.2, 0.25) is 0 Å². The maximum absolute atomic E-state index is 5.89. The molecule has 0 aromatic heterocycles. The number of hydrogen-bond donors (Lipinski definition) is 1. The highest BCUT2D eigenvalue weighted by atomic mass is 16.5. The normalized spacial score (nSPS) is 23.1. The first-order chi connectivity index (χ1) is 9.79. The molecule has 1 N–H and O–H groups in total. The van der Waals surface area contributed by atoms with Gasteiger partial charge in [-0.25, -0.2) is 0 Å². The highest BCUT2D eigenvalue weighted by Crippen LogP contribution is 2.23. The zero-order valence-electron chi connectivity index (χ0n) is 12.8. The van der Waals surface area contributed by atoms with E-state index in [1.807, 2.05) is 31.2 Å². The number of nitrogens with one attached hydrogen (secondary N) is 1. The van der Waals surface area contributed by atoms with Crippen molar-refractivity contribution in [1.29, 1.82) is 0 Å². The molecule has 0 atom stereocenters. The van der Waals surface area contributed by atoms with E-state index in [0.29, 0.717) is 6.04 Å². The highest BCUT2D eigenvalue weighted by Gasteiger charge is 2.17. The van der Waals surface area contributed by atoms with Gasteiger partial charge in [0.15, 0.2) is 0 Å². The quantitative estimate of drug-likeness (QED) is 0.782. The average Bonchev–Trinajstić information content (AvgIpc) is 2.47. The fraction of sp³-hybridized carbons (Fsp3) is 0.556. The zero-order chi connectivity index (χ0) is 14.2. The van der Waals surface area contributed by atoms with Crippen LogP contribution in [0.2, 0.25) is 0 Å². The van der Waals surface area contributed by atoms with E-state index in [-0.39, 0.29) is 0 Å². The molecule has 0 heterocycles. The largest absolute Gasteiger partial charge is 0.492 e. The molecule has 1 aromatic carbocycles. The van der Waals surface area contributed by atoms with Crippen molar-refractivity contribution in [1.82, 2.24) is 5.32 Å². The molecule has 0 amide bonds. The van der Waals surface area contributed by atoms with Crippen LogP contribution in [-0.4, -0.2) is 19.2 Å². The third kappa shape index (κ3) is 4.68. The molecule has 0 saturated heterocycles. The summed E-state index contributed by atoms with van der Waals surface area (Å²) in [5, 5.41) is 3.62. The van der Waals surface area contributed by atoms with Crippen molar-refractivity contribution in [2.24, 2.45) is 5.92 Å². The maximum Gasteiger partial charge on any atom is 0.126 e. The van der Waals surface area contributed by atoms with Crippen molar-refractivity contribution < 1.29 is 4.74 Å². The summed E-state index contributed by atoms with van der Waals surface area (Å²) in [6.45, 7) is 6.06. The third-order valence-electron chi connectivity index (χ3n) is 4.07. The van der Waals surface area contributed by atoms with Gasteiger partial charge in [-0.05, 0) is 44.6 Å². The van der Waals surface area contributed by atoms with Gasteiger partial charge in [-0.2, -0.15) is 0 Å². The standard InChI is InChI=1S/C18H27NO/c1-3-6-16-7-4-5-8-18(16)20-14-13-19-17-11-9-15(2)10-12-17/h3-8,15,17,19H,9-14H2,1-2H3. The second-order valence-electron chi connectivity index (χ2n) is 5.80. The van der Waals surface area contributed by atoms with Crippen LogP contribution < -0.4 is 10.1 Å². The lowest BCUT2D eigenvalue weighted by Crippen LogP contribution is -2.35. The fourth-order valence-electron chi connectivity index (χ4n) is 2.82. The summed E-state index contributed by atoms with van der Waals surface area (Å²) in [7, 11) is 0. The zero-order valence-corrected chi connectivity index (χ0v) is 12.8. The lowest BCUT2D eigenvalue weighted by Gasteiger charge is -2.27. The molecule has 0 unspecified atom stereocenters. The lowest BCUT2D eigenvalue weighted by molar-refractivity contribution is 0.270. The van der Waals surface area contributed by atoms with Crippen molar-refractivity contribution >= 4 is 6.08 Å². The van der Waals surface area contributed by atoms with E-state index in [1.54, 1.807) is 0 Å². The van der Waals surface area contributed by atoms with Gasteiger partial charge >= 0.3 is 0 Å². The van der Waals surface area contributed by atoms with Gasteiger partial charge in [-0.1, -0.05) is 37.3 Å². The Bertz CT molecular complexity index is 419. The Kier molecular flexibility index (Phi) is 6.13. The summed E-state index contributed by atoms with van der Waals surface area (Å²) in [5.41, 5.74) is 1.15. The first kappa shape index (κ1) is 15.1. The average molecular weight is 273 g/mol. The number of allylic oxidation sites excluding steroid dienone is 1. The van der Waals surface area contributed by atoms with Crippen LogP contribution in [0.15, 0.2) is 30.3 Å². The summed E-state index contributed by atoms with van der Waals surface area (Å²) in [5.74, 6) is 1.89. The Hall–Kier alpha value is -1.28. The van der Waals surface area contributed by atoms with Crippen LogP contribution in [0, 0.1) is 5.92 Å². The summed E-state index contributed by atoms with van der Waals surface area (Å²) >= 11 is 0. The molecule has 0 spiro atoms. The Labute approximate surface area is 123 Å². The van der Waals surface area contributed by atoms with Gasteiger partial charge in [-0.3, -0.25) is 0 Å². The topological polar surface area (TPSA) is 21.3 Å². The van der Waals surface area contributed by atoms with Crippen LogP contribution in [0.5, 0.6) is 5.75 Å². The van der Waals surface area contributed by atoms with E-state index in [1.165, 1.54) is 25.7 Å². The van der Waals surface area contributed by atoms with Crippen LogP contribution in [0.25, 0.3) is 6.08 Å². The Morgan fingerprint density at radius 1 is 1.20 bits per heavy atom. The number of hydrogen-bond acceptors (Lipinski definition) is 2. The molecule has 0 radical (unpaired) electrons. The van der Waals surface area contributed by atoms with E-state index in [2.05, 4.69) is 24.4 Å². The fourth-order valence-corrected chi connectivity index (χ4v) is 2.82. The molecule has 1 fully saturated rings. The van der Waals surface area contributed by atoms with Crippen LogP contribution in [0.1, 0.15) is 45.1 Å². The third-order valence-corrected chi connectivity index (χ3v) is 4.07. The second kappa shape index (κ2) is 8.11. The Balaban J connectivity index is 1.71. The van der Waals surface area contributed by atoms with Crippen molar-refractivity contribution in [2.75, 3.05) is 13.2 Å². The minimum atomic E-state index is 0.695. The van der Waals surface area contributed by atoms with E-state index in [9.17, 15) is 0 Å². The summed E-state index contributed by atoms with van der Waals surface area (Å²) in [4.78, 5) is 0. The van der Waals surface area contributed by atoms with E-state index in [4.69, 9.17) is 4.74 Å². The van der Waals surface area contributed by atoms with E-state index < -0.39 is 0 Å². The molecule has 0 aliphatic heterocycles. The van der Waals surface area contributed by atoms with Crippen molar-refractivity contribution in [2.45, 2.75) is 45.6 Å². The molecule has 2 rings (SSSR count). The number of benzene rings is 1. The van der Waals surface area contributed by atoms with Crippen LogP contribution in [0.4, 0.5) is 0 Å². The smallest absolute Gasteiger partial charge is 0.126 e. The van der Waals surface area contributed by atoms with Gasteiger partial charge in [-0.15, -0.1) is 0 Å². The molecular formula is C18H27NO. The number of ether oxygens (including phenoxy) is 1. The molecule has 110 valence electrons. The van der Waals surface area contributed by atoms with Gasteiger partial charge < -0.3 is 10.1 Å². The summed E-state index contributed by atoms with van der Waals surface area (Å²) < 4.78 is 5.89. The predicted molar refractivity (Wildman–Crippen MR) is 86.1 cm³/mol. The van der Waals surface area contributed by atoms with Crippen molar-refractivity contribution in [3.05, 3.63) is 35.9 Å². The lowest BCUT2D eigenvalue weighted by atomic mass is 9.87. The van der Waals surface area contributed by atoms with Gasteiger partial charge in [0, 0.05) is 18.2 Å². The monoisotopic (exact) mass is 273 g/mol. The Morgan fingerprint density at radius 2 is 1.95 bits per heavy atom. The van der Waals surface area contributed by atoms with Crippen molar-refractivity contribution in [3.8, 4) is 5.75 Å². The van der Waals surface area contributed by atoms with Crippen LogP contribution >= 0.6 is 0 Å². The molecular weight excluding hydrogens is 246 g/mol. The molecule has 2 nitrogen and oxygen atoms in total. The first-order valence-electron chi connectivity index (χ1n) is 7.87. The Morgan fingerprint density at radius 3 is 2.70 bits per heavy atom. The summed E-state index contributed by atoms with van der Waals surface area (Å²) in [6.07, 6.45) is 9.49. The molecule has 2 heteroatoms. The molecule has 0 bridgehead atoms. The number of rotatable bonds is 6. The number of para-hydroxylation sites is 1. The van der Waals surface area contributed by atoms with Gasteiger partial charge in [0.25, 0.3) is 0 Å². The molecule has 1 saturated carbocycles. The van der Waals surface area contributed by atoms with Crippen LogP contribution in [0.3, 0.4) is 0 Å². The predicted octanol–water partition coefficient (Wildman–Crippen LogP) is 4.27. The SMILES string of the molecule is CC=Cc1ccccc1OCCNC1CCC(C)CC1. The highest BCUT2D eigenvalue weighted by molar-refractivity contribution is 5.56. The molecule has 1 aliphatic rings. The molecule has 20 heavy (non-hydrogen) atoms. The molecule has 1 aromatic rings. The van der Waals surface area contributed by atoms with Gasteiger partial charge in [0.1, 0.15) is 12.4 Å². The molecule has 1 aliphatic carbocycles. The minimum Gasteiger partial charge on any atom is -0.492 e. The maximum atomic E-state index is 5.89. The summed E-state index contributed by atoms with van der Waals surface area (Å²) in [6, 6.07) is 8.89. The minimum absolute atomic E-state index is 0.695. The van der Waals surface area contributed by atoms with Crippen molar-refractivity contribution in [3.63, 3.8) is 0 Å². The van der Waals surface area contributed by atoms with Gasteiger partial charge in [0.05, 0.1) is 0 Å². The van der Waals surface area contributed by atoms with E-state index >= 15 is 0 Å². The van der Waals surface area contributed by atoms with Crippen LogP contribution in [-0.2, 0) is 0 Å². The van der Waals surface area contributed by atoms with E-state index in [0.717, 1.165) is 30.4 Å². The first-order valence-corrected chi connectivity index (χ1v) is 7.87.